The Morgan fingerprint density at radius 2 is 2.20 bits per heavy atom. The second-order valence-electron chi connectivity index (χ2n) is 6.33. The van der Waals surface area contributed by atoms with Gasteiger partial charge < -0.3 is 14.2 Å². The maximum atomic E-state index is 11.9. The van der Waals surface area contributed by atoms with Gasteiger partial charge in [0.25, 0.3) is 0 Å². The molecule has 1 unspecified atom stereocenters. The van der Waals surface area contributed by atoms with Gasteiger partial charge in [-0.1, -0.05) is 0 Å². The molecule has 5 nitrogen and oxygen atoms in total. The average molecular weight is 306 g/mol. The van der Waals surface area contributed by atoms with Gasteiger partial charge in [0.2, 0.25) is 0 Å². The van der Waals surface area contributed by atoms with E-state index in [1.165, 1.54) is 0 Å². The third kappa shape index (κ3) is 4.50. The predicted octanol–water partition coefficient (Wildman–Crippen LogP) is 2.76. The summed E-state index contributed by atoms with van der Waals surface area (Å²) in [7, 11) is 0. The molecule has 0 aliphatic carbocycles. The number of hydrogen-bond donors (Lipinski definition) is 0. The van der Waals surface area contributed by atoms with Crippen molar-refractivity contribution < 1.29 is 19.0 Å². The summed E-state index contributed by atoms with van der Waals surface area (Å²) in [5, 5.41) is 0. The topological polar surface area (TPSA) is 47.8 Å². The summed E-state index contributed by atoms with van der Waals surface area (Å²) in [4.78, 5) is 13.6. The molecule has 0 radical (unpaired) electrons. The van der Waals surface area contributed by atoms with Crippen molar-refractivity contribution in [3.05, 3.63) is 0 Å². The summed E-state index contributed by atoms with van der Waals surface area (Å²) in [6.07, 6.45) is 2.41. The fourth-order valence-electron chi connectivity index (χ4n) is 2.25. The zero-order chi connectivity index (χ0) is 14.8. The molecule has 116 valence electrons. The van der Waals surface area contributed by atoms with Crippen LogP contribution in [-0.4, -0.2) is 54.1 Å². The summed E-state index contributed by atoms with van der Waals surface area (Å²) < 4.78 is 16.8. The van der Waals surface area contributed by atoms with Crippen LogP contribution in [0.4, 0.5) is 4.79 Å². The highest BCUT2D eigenvalue weighted by atomic mass is 35.5. The highest BCUT2D eigenvalue weighted by Crippen LogP contribution is 2.29. The van der Waals surface area contributed by atoms with Crippen LogP contribution in [0.15, 0.2) is 0 Å². The number of carbonyl (C=O) groups excluding carboxylic acids is 1. The van der Waals surface area contributed by atoms with Crippen molar-refractivity contribution >= 4 is 17.7 Å². The molecule has 2 aliphatic rings. The minimum Gasteiger partial charge on any atom is -0.444 e. The number of nitrogens with zero attached hydrogens (tertiary/aromatic N) is 1. The van der Waals surface area contributed by atoms with Crippen LogP contribution in [0, 0.1) is 0 Å². The van der Waals surface area contributed by atoms with Crippen LogP contribution >= 0.6 is 11.6 Å². The first-order valence-corrected chi connectivity index (χ1v) is 7.77. The number of hydrogen-bond acceptors (Lipinski definition) is 4. The number of ether oxygens (including phenoxy) is 3. The SMILES string of the molecule is CC(C)(C)OC(=O)N1C[C@H]1[C@@H](CCl)OC1CCCCO1. The molecular weight excluding hydrogens is 282 g/mol. The Labute approximate surface area is 125 Å². The second kappa shape index (κ2) is 6.50. The molecule has 0 bridgehead atoms. The molecule has 2 saturated heterocycles. The summed E-state index contributed by atoms with van der Waals surface area (Å²) in [5.41, 5.74) is -0.478. The van der Waals surface area contributed by atoms with Gasteiger partial charge in [0, 0.05) is 13.2 Å². The Bertz CT molecular complexity index is 339. The first-order chi connectivity index (χ1) is 9.40. The van der Waals surface area contributed by atoms with Crippen molar-refractivity contribution in [2.45, 2.75) is 64.1 Å². The lowest BCUT2D eigenvalue weighted by Gasteiger charge is -2.27. The van der Waals surface area contributed by atoms with E-state index in [1.807, 2.05) is 20.8 Å². The molecule has 0 saturated carbocycles. The quantitative estimate of drug-likeness (QED) is 0.592. The van der Waals surface area contributed by atoms with E-state index >= 15 is 0 Å². The van der Waals surface area contributed by atoms with Gasteiger partial charge in [-0.15, -0.1) is 11.6 Å². The van der Waals surface area contributed by atoms with E-state index in [0.29, 0.717) is 12.4 Å². The highest BCUT2D eigenvalue weighted by molar-refractivity contribution is 6.18. The van der Waals surface area contributed by atoms with E-state index in [2.05, 4.69) is 0 Å². The normalized spacial score (nSPS) is 28.1. The second-order valence-corrected chi connectivity index (χ2v) is 6.63. The summed E-state index contributed by atoms with van der Waals surface area (Å²) in [6.45, 7) is 6.94. The average Bonchev–Trinajstić information content (AvgIpc) is 3.15. The minimum atomic E-state index is -0.478. The van der Waals surface area contributed by atoms with E-state index in [0.717, 1.165) is 25.9 Å². The smallest absolute Gasteiger partial charge is 0.410 e. The van der Waals surface area contributed by atoms with Crippen LogP contribution in [0.1, 0.15) is 40.0 Å². The Morgan fingerprint density at radius 1 is 1.45 bits per heavy atom. The zero-order valence-electron chi connectivity index (χ0n) is 12.4. The van der Waals surface area contributed by atoms with Crippen LogP contribution < -0.4 is 0 Å². The Morgan fingerprint density at radius 3 is 2.75 bits per heavy atom. The van der Waals surface area contributed by atoms with Crippen LogP contribution in [0.25, 0.3) is 0 Å². The molecule has 0 aromatic rings. The first kappa shape index (κ1) is 15.9. The van der Waals surface area contributed by atoms with Gasteiger partial charge in [-0.3, -0.25) is 4.90 Å². The molecule has 2 rings (SSSR count). The van der Waals surface area contributed by atoms with Crippen molar-refractivity contribution in [3.8, 4) is 0 Å². The van der Waals surface area contributed by atoms with Crippen molar-refractivity contribution in [1.29, 1.82) is 0 Å². The molecule has 1 amide bonds. The van der Waals surface area contributed by atoms with Crippen molar-refractivity contribution in [2.24, 2.45) is 0 Å². The van der Waals surface area contributed by atoms with E-state index < -0.39 is 5.60 Å². The molecule has 20 heavy (non-hydrogen) atoms. The van der Waals surface area contributed by atoms with Gasteiger partial charge in [0.05, 0.1) is 18.0 Å². The first-order valence-electron chi connectivity index (χ1n) is 7.23. The lowest BCUT2D eigenvalue weighted by molar-refractivity contribution is -0.184. The Kier molecular flexibility index (Phi) is 5.15. The molecule has 3 atom stereocenters. The molecule has 2 aliphatic heterocycles. The zero-order valence-corrected chi connectivity index (χ0v) is 13.2. The number of carbonyl (C=O) groups is 1. The molecule has 0 N–H and O–H groups in total. The van der Waals surface area contributed by atoms with Crippen molar-refractivity contribution in [2.75, 3.05) is 19.0 Å². The largest absolute Gasteiger partial charge is 0.444 e. The molecule has 2 fully saturated rings. The lowest BCUT2D eigenvalue weighted by atomic mass is 10.2. The lowest BCUT2D eigenvalue weighted by Crippen LogP contribution is -2.35. The molecule has 2 heterocycles. The van der Waals surface area contributed by atoms with Gasteiger partial charge in [-0.05, 0) is 40.0 Å². The maximum Gasteiger partial charge on any atom is 0.410 e. The van der Waals surface area contributed by atoms with E-state index in [-0.39, 0.29) is 24.5 Å². The van der Waals surface area contributed by atoms with Crippen molar-refractivity contribution in [3.63, 3.8) is 0 Å². The van der Waals surface area contributed by atoms with Crippen LogP contribution in [-0.2, 0) is 14.2 Å². The number of rotatable bonds is 4. The van der Waals surface area contributed by atoms with E-state index in [4.69, 9.17) is 25.8 Å². The summed E-state index contributed by atoms with van der Waals surface area (Å²) in [6, 6.07) is 0.00729. The van der Waals surface area contributed by atoms with E-state index in [9.17, 15) is 4.79 Å². The molecular formula is C14H24ClNO4. The Balaban J connectivity index is 1.80. The highest BCUT2D eigenvalue weighted by Gasteiger charge is 2.47. The summed E-state index contributed by atoms with van der Waals surface area (Å²) in [5.74, 6) is 0.351. The number of alkyl halides is 1. The fourth-order valence-corrected chi connectivity index (χ4v) is 2.52. The predicted molar refractivity (Wildman–Crippen MR) is 75.9 cm³/mol. The van der Waals surface area contributed by atoms with Gasteiger partial charge in [0.1, 0.15) is 5.60 Å². The monoisotopic (exact) mass is 305 g/mol. The summed E-state index contributed by atoms with van der Waals surface area (Å²) >= 11 is 5.97. The van der Waals surface area contributed by atoms with Gasteiger partial charge in [-0.25, -0.2) is 4.79 Å². The standard InChI is InChI=1S/C14H24ClNO4/c1-14(2,3)20-13(17)16-9-10(16)11(8-15)19-12-6-4-5-7-18-12/h10-12H,4-9H2,1-3H3/t10-,11+,12?,16?/m0/s1. The van der Waals surface area contributed by atoms with Gasteiger partial charge in [0.15, 0.2) is 6.29 Å². The van der Waals surface area contributed by atoms with Gasteiger partial charge in [-0.2, -0.15) is 0 Å². The molecule has 0 aromatic carbocycles. The molecule has 0 aromatic heterocycles. The van der Waals surface area contributed by atoms with Gasteiger partial charge >= 0.3 is 6.09 Å². The van der Waals surface area contributed by atoms with Crippen molar-refractivity contribution in [1.82, 2.24) is 4.90 Å². The van der Waals surface area contributed by atoms with E-state index in [1.54, 1.807) is 4.90 Å². The number of halogens is 1. The third-order valence-electron chi connectivity index (χ3n) is 3.32. The minimum absolute atomic E-state index is 0.00729. The number of amides is 1. The fraction of sp³-hybridized carbons (Fsp3) is 0.929. The van der Waals surface area contributed by atoms with Crippen LogP contribution in [0.5, 0.6) is 0 Å². The van der Waals surface area contributed by atoms with Crippen LogP contribution in [0.2, 0.25) is 0 Å². The Hall–Kier alpha value is -0.520. The third-order valence-corrected chi connectivity index (χ3v) is 3.63. The molecule has 6 heteroatoms. The molecule has 0 spiro atoms. The maximum absolute atomic E-state index is 11.9. The van der Waals surface area contributed by atoms with Crippen LogP contribution in [0.3, 0.4) is 0 Å².